The van der Waals surface area contributed by atoms with Crippen LogP contribution in [0.4, 0.5) is 16.2 Å². The Morgan fingerprint density at radius 3 is 2.71 bits per heavy atom. The summed E-state index contributed by atoms with van der Waals surface area (Å²) in [5.74, 6) is 0. The number of carbonyl (C=O) groups is 2. The van der Waals surface area contributed by atoms with Crippen LogP contribution in [0.25, 0.3) is 11.0 Å². The fourth-order valence-corrected chi connectivity index (χ4v) is 2.50. The van der Waals surface area contributed by atoms with E-state index in [1.807, 2.05) is 6.92 Å². The van der Waals surface area contributed by atoms with Gasteiger partial charge >= 0.3 is 6.03 Å². The second-order valence-corrected chi connectivity index (χ2v) is 5.62. The predicted octanol–water partition coefficient (Wildman–Crippen LogP) is 3.13. The lowest BCUT2D eigenvalue weighted by Gasteiger charge is -2.16. The minimum atomic E-state index is -0.588. The number of urea groups is 1. The largest absolute Gasteiger partial charge is 0.333 e. The van der Waals surface area contributed by atoms with Crippen molar-refractivity contribution >= 4 is 46.5 Å². The molecule has 2 aromatic heterocycles. The number of benzene rings is 1. The Labute approximate surface area is 142 Å². The predicted molar refractivity (Wildman–Crippen MR) is 92.3 cm³/mol. The summed E-state index contributed by atoms with van der Waals surface area (Å²) in [6.07, 6.45) is 1.90. The van der Waals surface area contributed by atoms with Crippen LogP contribution in [-0.4, -0.2) is 27.2 Å². The number of nitrogens with one attached hydrogen (secondary N) is 1. The van der Waals surface area contributed by atoms with E-state index in [-0.39, 0.29) is 0 Å². The van der Waals surface area contributed by atoms with Gasteiger partial charge in [-0.15, -0.1) is 0 Å². The molecule has 0 atom stereocenters. The van der Waals surface area contributed by atoms with Gasteiger partial charge in [0.1, 0.15) is 0 Å². The lowest BCUT2D eigenvalue weighted by Crippen LogP contribution is -2.33. The topological polar surface area (TPSA) is 80.1 Å². The number of hydrogen-bond acceptors (Lipinski definition) is 4. The molecule has 2 heterocycles. The zero-order valence-electron chi connectivity index (χ0n) is 13.0. The number of anilines is 2. The highest BCUT2D eigenvalue weighted by Crippen LogP contribution is 2.22. The molecule has 0 radical (unpaired) electrons. The molecule has 0 aliphatic rings. The number of pyridine rings is 1. The van der Waals surface area contributed by atoms with Crippen molar-refractivity contribution in [3.8, 4) is 0 Å². The molecule has 3 aromatic rings. The molecule has 1 aromatic carbocycles. The van der Waals surface area contributed by atoms with Crippen LogP contribution in [0, 0.1) is 6.92 Å². The van der Waals surface area contributed by atoms with Crippen molar-refractivity contribution in [3.05, 3.63) is 47.2 Å². The SMILES string of the molecule is Cc1nn(C)c2ncc(N(C=O)C(=O)Nc3ccc(Cl)cc3)cc12. The molecule has 0 unspecified atom stereocenters. The monoisotopic (exact) mass is 343 g/mol. The van der Waals surface area contributed by atoms with Gasteiger partial charge in [0.15, 0.2) is 5.65 Å². The van der Waals surface area contributed by atoms with Crippen LogP contribution in [0.1, 0.15) is 5.69 Å². The van der Waals surface area contributed by atoms with Crippen LogP contribution in [0.5, 0.6) is 0 Å². The van der Waals surface area contributed by atoms with Crippen LogP contribution >= 0.6 is 11.6 Å². The van der Waals surface area contributed by atoms with E-state index in [9.17, 15) is 9.59 Å². The molecule has 24 heavy (non-hydrogen) atoms. The zero-order chi connectivity index (χ0) is 17.3. The molecule has 3 rings (SSSR count). The Hall–Kier alpha value is -2.93. The molecule has 0 saturated heterocycles. The molecule has 7 nitrogen and oxygen atoms in total. The lowest BCUT2D eigenvalue weighted by molar-refractivity contribution is -0.106. The number of nitrogens with zero attached hydrogens (tertiary/aromatic N) is 4. The Bertz CT molecular complexity index is 920. The van der Waals surface area contributed by atoms with E-state index in [1.54, 1.807) is 42.1 Å². The fourth-order valence-electron chi connectivity index (χ4n) is 2.37. The molecule has 122 valence electrons. The van der Waals surface area contributed by atoms with Gasteiger partial charge < -0.3 is 5.32 Å². The maximum absolute atomic E-state index is 12.4. The molecule has 1 N–H and O–H groups in total. The summed E-state index contributed by atoms with van der Waals surface area (Å²) in [7, 11) is 1.78. The maximum atomic E-state index is 12.4. The van der Waals surface area contributed by atoms with Gasteiger partial charge in [-0.3, -0.25) is 9.48 Å². The van der Waals surface area contributed by atoms with Crippen molar-refractivity contribution in [1.29, 1.82) is 0 Å². The molecule has 0 aliphatic heterocycles. The Morgan fingerprint density at radius 2 is 2.04 bits per heavy atom. The minimum absolute atomic E-state index is 0.361. The van der Waals surface area contributed by atoms with Crippen LogP contribution in [0.2, 0.25) is 5.02 Å². The third-order valence-electron chi connectivity index (χ3n) is 3.55. The van der Waals surface area contributed by atoms with Gasteiger partial charge in [0, 0.05) is 23.1 Å². The Morgan fingerprint density at radius 1 is 1.33 bits per heavy atom. The van der Waals surface area contributed by atoms with E-state index >= 15 is 0 Å². The summed E-state index contributed by atoms with van der Waals surface area (Å²) < 4.78 is 1.65. The van der Waals surface area contributed by atoms with Crippen molar-refractivity contribution in [3.63, 3.8) is 0 Å². The summed E-state index contributed by atoms with van der Waals surface area (Å²) in [6, 6.07) is 7.71. The number of aromatic nitrogens is 3. The first-order valence-corrected chi connectivity index (χ1v) is 7.48. The third-order valence-corrected chi connectivity index (χ3v) is 3.80. The van der Waals surface area contributed by atoms with Crippen molar-refractivity contribution < 1.29 is 9.59 Å². The van der Waals surface area contributed by atoms with Crippen molar-refractivity contribution in [2.45, 2.75) is 6.92 Å². The number of amides is 3. The van der Waals surface area contributed by atoms with E-state index < -0.39 is 6.03 Å². The summed E-state index contributed by atoms with van der Waals surface area (Å²) in [5.41, 5.74) is 2.34. The second-order valence-electron chi connectivity index (χ2n) is 5.19. The molecular formula is C16H14ClN5O2. The standard InChI is InChI=1S/C16H14ClN5O2/c1-10-14-7-13(8-18-15(14)21(2)20-10)22(9-23)16(24)19-12-5-3-11(17)4-6-12/h3-9H,1-2H3,(H,19,24). The van der Waals surface area contributed by atoms with Crippen molar-refractivity contribution in [2.75, 3.05) is 10.2 Å². The first kappa shape index (κ1) is 15.9. The van der Waals surface area contributed by atoms with Crippen LogP contribution in [0.3, 0.4) is 0 Å². The highest BCUT2D eigenvalue weighted by Gasteiger charge is 2.17. The van der Waals surface area contributed by atoms with Crippen LogP contribution in [0.15, 0.2) is 36.5 Å². The number of aryl methyl sites for hydroxylation is 2. The number of carbonyl (C=O) groups excluding carboxylic acids is 2. The summed E-state index contributed by atoms with van der Waals surface area (Å²) in [4.78, 5) is 29.0. The summed E-state index contributed by atoms with van der Waals surface area (Å²) >= 11 is 5.81. The average Bonchev–Trinajstić information content (AvgIpc) is 2.85. The fraction of sp³-hybridized carbons (Fsp3) is 0.125. The van der Waals surface area contributed by atoms with Crippen LogP contribution in [-0.2, 0) is 11.8 Å². The summed E-state index contributed by atoms with van der Waals surface area (Å²) in [5, 5.41) is 8.24. The van der Waals surface area contributed by atoms with Crippen LogP contribution < -0.4 is 10.2 Å². The van der Waals surface area contributed by atoms with Gasteiger partial charge in [0.25, 0.3) is 0 Å². The third kappa shape index (κ3) is 2.93. The molecule has 0 bridgehead atoms. The van der Waals surface area contributed by atoms with Gasteiger partial charge in [-0.1, -0.05) is 11.6 Å². The highest BCUT2D eigenvalue weighted by atomic mass is 35.5. The van der Waals surface area contributed by atoms with E-state index in [0.717, 1.165) is 16.0 Å². The minimum Gasteiger partial charge on any atom is -0.307 e. The number of imide groups is 1. The number of halogens is 1. The summed E-state index contributed by atoms with van der Waals surface area (Å²) in [6.45, 7) is 1.84. The Balaban J connectivity index is 1.90. The highest BCUT2D eigenvalue weighted by molar-refractivity contribution is 6.30. The van der Waals surface area contributed by atoms with Gasteiger partial charge in [0.2, 0.25) is 6.41 Å². The smallest absolute Gasteiger partial charge is 0.307 e. The molecule has 3 amide bonds. The molecule has 0 saturated carbocycles. The van der Waals surface area contributed by atoms with Gasteiger partial charge in [-0.25, -0.2) is 14.7 Å². The van der Waals surface area contributed by atoms with E-state index in [2.05, 4.69) is 15.4 Å². The van der Waals surface area contributed by atoms with E-state index in [0.29, 0.717) is 28.5 Å². The number of fused-ring (bicyclic) bond motifs is 1. The second kappa shape index (κ2) is 6.29. The maximum Gasteiger partial charge on any atom is 0.333 e. The molecular weight excluding hydrogens is 330 g/mol. The van der Waals surface area contributed by atoms with Gasteiger partial charge in [-0.2, -0.15) is 5.10 Å². The van der Waals surface area contributed by atoms with Crippen molar-refractivity contribution in [1.82, 2.24) is 14.8 Å². The molecule has 8 heteroatoms. The molecule has 0 spiro atoms. The van der Waals surface area contributed by atoms with E-state index in [4.69, 9.17) is 11.6 Å². The van der Waals surface area contributed by atoms with Crippen molar-refractivity contribution in [2.24, 2.45) is 7.05 Å². The number of hydrogen-bond donors (Lipinski definition) is 1. The first-order valence-electron chi connectivity index (χ1n) is 7.10. The quantitative estimate of drug-likeness (QED) is 0.741. The van der Waals surface area contributed by atoms with Gasteiger partial charge in [-0.05, 0) is 37.3 Å². The normalized spacial score (nSPS) is 10.6. The first-order chi connectivity index (χ1) is 11.5. The van der Waals surface area contributed by atoms with E-state index in [1.165, 1.54) is 6.20 Å². The zero-order valence-corrected chi connectivity index (χ0v) is 13.8. The number of rotatable bonds is 3. The molecule has 0 fully saturated rings. The molecule has 0 aliphatic carbocycles. The Kier molecular flexibility index (Phi) is 4.18. The van der Waals surface area contributed by atoms with Gasteiger partial charge in [0.05, 0.1) is 17.6 Å². The average molecular weight is 344 g/mol. The lowest BCUT2D eigenvalue weighted by atomic mass is 10.2.